The molecule has 0 atom stereocenters. The molecule has 164 valence electrons. The van der Waals surface area contributed by atoms with Crippen LogP contribution in [0.25, 0.3) is 0 Å². The summed E-state index contributed by atoms with van der Waals surface area (Å²) in [5.74, 6) is -0.470. The highest BCUT2D eigenvalue weighted by atomic mass is 32.1. The van der Waals surface area contributed by atoms with Crippen LogP contribution in [-0.2, 0) is 9.53 Å². The van der Waals surface area contributed by atoms with Crippen LogP contribution in [0, 0.1) is 10.1 Å². The molecule has 2 aromatic rings. The minimum Gasteiger partial charge on any atom is -0.490 e. The number of hydrazine groups is 1. The number of para-hydroxylation sites is 1. The average molecular weight is 448 g/mol. The van der Waals surface area contributed by atoms with Crippen molar-refractivity contribution in [3.8, 4) is 11.5 Å². The van der Waals surface area contributed by atoms with E-state index in [1.807, 2.05) is 0 Å². The summed E-state index contributed by atoms with van der Waals surface area (Å²) in [4.78, 5) is 34.3. The van der Waals surface area contributed by atoms with E-state index in [2.05, 4.69) is 16.2 Å². The minimum atomic E-state index is -0.585. The average Bonchev–Trinajstić information content (AvgIpc) is 2.77. The van der Waals surface area contributed by atoms with Gasteiger partial charge in [0.25, 0.3) is 17.5 Å². The van der Waals surface area contributed by atoms with Crippen LogP contribution < -0.4 is 25.6 Å². The van der Waals surface area contributed by atoms with Crippen molar-refractivity contribution in [1.29, 1.82) is 0 Å². The topological polar surface area (TPSA) is 141 Å². The molecular weight excluding hydrogens is 428 g/mol. The van der Waals surface area contributed by atoms with Gasteiger partial charge in [-0.1, -0.05) is 12.1 Å². The van der Waals surface area contributed by atoms with Gasteiger partial charge >= 0.3 is 0 Å². The van der Waals surface area contributed by atoms with Gasteiger partial charge in [0.05, 0.1) is 17.1 Å². The van der Waals surface area contributed by atoms with Gasteiger partial charge in [-0.15, -0.1) is 0 Å². The Labute approximate surface area is 182 Å². The van der Waals surface area contributed by atoms with E-state index in [1.54, 1.807) is 24.3 Å². The van der Waals surface area contributed by atoms with E-state index in [4.69, 9.17) is 26.4 Å². The molecule has 0 saturated carbocycles. The van der Waals surface area contributed by atoms with Crippen molar-refractivity contribution in [2.45, 2.75) is 0 Å². The Hall–Kier alpha value is -3.77. The standard InChI is InChI=1S/C19H20N4O7S/c1-28-10-11-29-16-5-3-2-4-15(16)18(25)20-19(31)22-21-17(24)12-30-14-8-6-13(7-9-14)23(26)27/h2-9H,10-12H2,1H3,(H,21,24)(H2,20,22,25,31). The van der Waals surface area contributed by atoms with E-state index in [9.17, 15) is 19.7 Å². The number of hydrogen-bond acceptors (Lipinski definition) is 8. The van der Waals surface area contributed by atoms with Crippen LogP contribution in [0.3, 0.4) is 0 Å². The minimum absolute atomic E-state index is 0.0924. The molecule has 0 aliphatic carbocycles. The number of thiocarbonyl (C=S) groups is 1. The molecule has 0 aromatic heterocycles. The number of amides is 2. The molecule has 2 amide bonds. The van der Waals surface area contributed by atoms with Crippen molar-refractivity contribution in [3.63, 3.8) is 0 Å². The lowest BCUT2D eigenvalue weighted by molar-refractivity contribution is -0.384. The predicted molar refractivity (Wildman–Crippen MR) is 114 cm³/mol. The zero-order valence-corrected chi connectivity index (χ0v) is 17.3. The molecule has 2 rings (SSSR count). The van der Waals surface area contributed by atoms with Gasteiger partial charge in [-0.25, -0.2) is 0 Å². The third-order valence-corrected chi connectivity index (χ3v) is 3.84. The highest BCUT2D eigenvalue weighted by Crippen LogP contribution is 2.18. The lowest BCUT2D eigenvalue weighted by atomic mass is 10.2. The van der Waals surface area contributed by atoms with Gasteiger partial charge in [-0.05, 0) is 36.5 Å². The van der Waals surface area contributed by atoms with Gasteiger partial charge < -0.3 is 14.2 Å². The Kier molecular flexibility index (Phi) is 9.13. The fraction of sp³-hybridized carbons (Fsp3) is 0.211. The number of nitro groups is 1. The lowest BCUT2D eigenvalue weighted by Crippen LogP contribution is -2.49. The van der Waals surface area contributed by atoms with Crippen molar-refractivity contribution in [2.75, 3.05) is 26.9 Å². The number of ether oxygens (including phenoxy) is 3. The second kappa shape index (κ2) is 12.0. The number of methoxy groups -OCH3 is 1. The quantitative estimate of drug-likeness (QED) is 0.224. The molecule has 11 nitrogen and oxygen atoms in total. The van der Waals surface area contributed by atoms with Gasteiger partial charge in [-0.2, -0.15) is 0 Å². The number of nitrogens with zero attached hydrogens (tertiary/aromatic N) is 1. The number of nitrogens with one attached hydrogen (secondary N) is 3. The van der Waals surface area contributed by atoms with E-state index in [0.29, 0.717) is 12.4 Å². The van der Waals surface area contributed by atoms with Gasteiger partial charge in [0, 0.05) is 19.2 Å². The monoisotopic (exact) mass is 448 g/mol. The molecule has 0 saturated heterocycles. The maximum Gasteiger partial charge on any atom is 0.276 e. The molecule has 0 fully saturated rings. The molecule has 0 radical (unpaired) electrons. The van der Waals surface area contributed by atoms with Crippen molar-refractivity contribution in [1.82, 2.24) is 16.2 Å². The Morgan fingerprint density at radius 1 is 1.03 bits per heavy atom. The number of carbonyl (C=O) groups excluding carboxylic acids is 2. The highest BCUT2D eigenvalue weighted by Gasteiger charge is 2.14. The van der Waals surface area contributed by atoms with Gasteiger partial charge in [0.1, 0.15) is 18.1 Å². The first kappa shape index (κ1) is 23.5. The van der Waals surface area contributed by atoms with Crippen LogP contribution in [0.5, 0.6) is 11.5 Å². The van der Waals surface area contributed by atoms with E-state index in [1.165, 1.54) is 31.4 Å². The molecule has 3 N–H and O–H groups in total. The summed E-state index contributed by atoms with van der Waals surface area (Å²) in [7, 11) is 1.54. The van der Waals surface area contributed by atoms with Crippen LogP contribution in [0.15, 0.2) is 48.5 Å². The zero-order valence-electron chi connectivity index (χ0n) is 16.5. The molecule has 12 heteroatoms. The molecule has 0 unspecified atom stereocenters. The van der Waals surface area contributed by atoms with Crippen LogP contribution in [-0.4, -0.2) is 48.8 Å². The normalized spacial score (nSPS) is 9.97. The second-order valence-corrected chi connectivity index (χ2v) is 6.24. The summed E-state index contributed by atoms with van der Waals surface area (Å²) in [5, 5.41) is 12.9. The van der Waals surface area contributed by atoms with E-state index >= 15 is 0 Å². The largest absolute Gasteiger partial charge is 0.490 e. The van der Waals surface area contributed by atoms with Crippen molar-refractivity contribution >= 4 is 34.8 Å². The third-order valence-electron chi connectivity index (χ3n) is 3.64. The summed E-state index contributed by atoms with van der Waals surface area (Å²) < 4.78 is 15.6. The number of benzene rings is 2. The first-order chi connectivity index (χ1) is 14.9. The fourth-order valence-electron chi connectivity index (χ4n) is 2.19. The summed E-state index contributed by atoms with van der Waals surface area (Å²) in [5.41, 5.74) is 4.82. The first-order valence-corrected chi connectivity index (χ1v) is 9.29. The molecule has 0 spiro atoms. The highest BCUT2D eigenvalue weighted by molar-refractivity contribution is 7.80. The van der Waals surface area contributed by atoms with Crippen molar-refractivity contribution in [2.24, 2.45) is 0 Å². The summed E-state index contributed by atoms with van der Waals surface area (Å²) >= 11 is 4.99. The maximum absolute atomic E-state index is 12.4. The van der Waals surface area contributed by atoms with Crippen LogP contribution in [0.2, 0.25) is 0 Å². The molecule has 0 bridgehead atoms. The van der Waals surface area contributed by atoms with Gasteiger partial charge in [0.15, 0.2) is 11.7 Å². The summed E-state index contributed by atoms with van der Waals surface area (Å²) in [6, 6.07) is 11.9. The molecule has 0 heterocycles. The number of carbonyl (C=O) groups is 2. The van der Waals surface area contributed by atoms with E-state index in [-0.39, 0.29) is 35.3 Å². The third kappa shape index (κ3) is 7.87. The SMILES string of the molecule is COCCOc1ccccc1C(=O)NC(=S)NNC(=O)COc1ccc([N+](=O)[O-])cc1. The van der Waals surface area contributed by atoms with Crippen molar-refractivity contribution in [3.05, 3.63) is 64.2 Å². The smallest absolute Gasteiger partial charge is 0.276 e. The van der Waals surface area contributed by atoms with Crippen LogP contribution in [0.4, 0.5) is 5.69 Å². The Morgan fingerprint density at radius 3 is 2.42 bits per heavy atom. The Balaban J connectivity index is 1.77. The molecule has 0 aliphatic rings. The lowest BCUT2D eigenvalue weighted by Gasteiger charge is -2.13. The molecule has 0 aliphatic heterocycles. The number of rotatable bonds is 9. The van der Waals surface area contributed by atoms with E-state index < -0.39 is 16.7 Å². The predicted octanol–water partition coefficient (Wildman–Crippen LogP) is 1.33. The number of non-ortho nitro benzene ring substituents is 1. The Morgan fingerprint density at radius 2 is 1.74 bits per heavy atom. The van der Waals surface area contributed by atoms with Gasteiger partial charge in [-0.3, -0.25) is 35.9 Å². The fourth-order valence-corrected chi connectivity index (χ4v) is 2.34. The van der Waals surface area contributed by atoms with Crippen LogP contribution in [0.1, 0.15) is 10.4 Å². The van der Waals surface area contributed by atoms with Crippen LogP contribution >= 0.6 is 12.2 Å². The molecule has 31 heavy (non-hydrogen) atoms. The zero-order chi connectivity index (χ0) is 22.6. The summed E-state index contributed by atoms with van der Waals surface area (Å²) in [6.45, 7) is 0.260. The molecule has 2 aromatic carbocycles. The number of nitro benzene ring substituents is 1. The van der Waals surface area contributed by atoms with Gasteiger partial charge in [0.2, 0.25) is 0 Å². The Bertz CT molecular complexity index is 937. The second-order valence-electron chi connectivity index (χ2n) is 5.83. The molecular formula is C19H20N4O7S. The van der Waals surface area contributed by atoms with Crippen molar-refractivity contribution < 1.29 is 28.7 Å². The van der Waals surface area contributed by atoms with E-state index in [0.717, 1.165) is 0 Å². The number of hydrogen-bond donors (Lipinski definition) is 3. The summed E-state index contributed by atoms with van der Waals surface area (Å²) in [6.07, 6.45) is 0. The maximum atomic E-state index is 12.4. The first-order valence-electron chi connectivity index (χ1n) is 8.89.